The number of methoxy groups -OCH3 is 1. The summed E-state index contributed by atoms with van der Waals surface area (Å²) in [7, 11) is 1.44. The Balaban J connectivity index is 1.79. The summed E-state index contributed by atoms with van der Waals surface area (Å²) in [4.78, 5) is 13.5. The molecule has 0 amide bonds. The van der Waals surface area contributed by atoms with E-state index in [1.165, 1.54) is 39.5 Å². The van der Waals surface area contributed by atoms with Gasteiger partial charge in [-0.15, -0.1) is 0 Å². The first kappa shape index (κ1) is 11.4. The van der Waals surface area contributed by atoms with E-state index < -0.39 is 0 Å². The van der Waals surface area contributed by atoms with Gasteiger partial charge in [-0.2, -0.15) is 0 Å². The molecule has 1 saturated carbocycles. The summed E-state index contributed by atoms with van der Waals surface area (Å²) in [6.45, 7) is 3.13. The molecule has 86 valence electrons. The molecule has 1 aliphatic heterocycles. The summed E-state index contributed by atoms with van der Waals surface area (Å²) in [5.74, 6) is 1.62. The van der Waals surface area contributed by atoms with Crippen molar-refractivity contribution in [1.29, 1.82) is 0 Å². The van der Waals surface area contributed by atoms with E-state index in [4.69, 9.17) is 4.74 Å². The Labute approximate surface area is 99.3 Å². The van der Waals surface area contributed by atoms with Gasteiger partial charge in [0.25, 0.3) is 0 Å². The molecule has 0 aromatic heterocycles. The molecule has 1 aliphatic carbocycles. The van der Waals surface area contributed by atoms with Gasteiger partial charge in [0.2, 0.25) is 0 Å². The van der Waals surface area contributed by atoms with Crippen molar-refractivity contribution in [2.75, 3.05) is 26.7 Å². The molecule has 15 heavy (non-hydrogen) atoms. The maximum Gasteiger partial charge on any atom is 0.320 e. The van der Waals surface area contributed by atoms with Crippen LogP contribution in [0.25, 0.3) is 0 Å². The van der Waals surface area contributed by atoms with E-state index in [-0.39, 0.29) is 10.8 Å². The van der Waals surface area contributed by atoms with E-state index in [0.717, 1.165) is 18.4 Å². The van der Waals surface area contributed by atoms with Crippen LogP contribution in [0, 0.1) is 11.8 Å². The zero-order valence-corrected chi connectivity index (χ0v) is 10.7. The fourth-order valence-corrected chi connectivity index (χ4v) is 3.51. The third-order valence-corrected chi connectivity index (χ3v) is 4.34. The molecule has 1 heterocycles. The molecule has 0 aromatic carbocycles. The van der Waals surface area contributed by atoms with E-state index in [2.05, 4.69) is 20.8 Å². The quantitative estimate of drug-likeness (QED) is 0.580. The van der Waals surface area contributed by atoms with E-state index in [0.29, 0.717) is 0 Å². The number of esters is 1. The number of nitrogens with zero attached hydrogens (tertiary/aromatic N) is 1. The Morgan fingerprint density at radius 2 is 2.07 bits per heavy atom. The van der Waals surface area contributed by atoms with E-state index in [1.807, 2.05) is 0 Å². The SMILES string of the molecule is COC(=O)C(Br)CN1CC2CCCC2C1. The number of likely N-dealkylation sites (tertiary alicyclic amines) is 1. The third kappa shape index (κ3) is 2.53. The third-order valence-electron chi connectivity index (χ3n) is 3.68. The van der Waals surface area contributed by atoms with Gasteiger partial charge in [-0.05, 0) is 24.7 Å². The van der Waals surface area contributed by atoms with Crippen LogP contribution in [0.15, 0.2) is 0 Å². The molecule has 0 spiro atoms. The first-order valence-electron chi connectivity index (χ1n) is 5.65. The Bertz CT molecular complexity index is 235. The number of carbonyl (C=O) groups is 1. The van der Waals surface area contributed by atoms with Gasteiger partial charge in [-0.1, -0.05) is 22.4 Å². The summed E-state index contributed by atoms with van der Waals surface area (Å²) >= 11 is 3.38. The first-order valence-corrected chi connectivity index (χ1v) is 6.56. The monoisotopic (exact) mass is 275 g/mol. The van der Waals surface area contributed by atoms with Crippen LogP contribution in [0.1, 0.15) is 19.3 Å². The molecule has 4 heteroatoms. The van der Waals surface area contributed by atoms with Crippen molar-refractivity contribution in [2.45, 2.75) is 24.1 Å². The molecule has 1 saturated heterocycles. The molecule has 0 radical (unpaired) electrons. The second-order valence-electron chi connectivity index (χ2n) is 4.66. The minimum atomic E-state index is -0.165. The number of hydrogen-bond donors (Lipinski definition) is 0. The van der Waals surface area contributed by atoms with Gasteiger partial charge < -0.3 is 9.64 Å². The van der Waals surface area contributed by atoms with Crippen LogP contribution >= 0.6 is 15.9 Å². The lowest BCUT2D eigenvalue weighted by Gasteiger charge is -2.18. The van der Waals surface area contributed by atoms with E-state index in [9.17, 15) is 4.79 Å². The summed E-state index contributed by atoms with van der Waals surface area (Å²) in [5, 5.41) is 0. The van der Waals surface area contributed by atoms with Crippen LogP contribution in [-0.2, 0) is 9.53 Å². The van der Waals surface area contributed by atoms with Crippen molar-refractivity contribution in [3.8, 4) is 0 Å². The number of alkyl halides is 1. The molecule has 3 nitrogen and oxygen atoms in total. The molecule has 3 atom stereocenters. The second kappa shape index (κ2) is 4.83. The lowest BCUT2D eigenvalue weighted by Crippen LogP contribution is -2.33. The lowest BCUT2D eigenvalue weighted by atomic mass is 10.0. The Kier molecular flexibility index (Phi) is 3.67. The summed E-state index contributed by atoms with van der Waals surface area (Å²) in [5.41, 5.74) is 0. The van der Waals surface area contributed by atoms with Crippen molar-refractivity contribution >= 4 is 21.9 Å². The van der Waals surface area contributed by atoms with Gasteiger partial charge >= 0.3 is 5.97 Å². The van der Waals surface area contributed by atoms with Crippen LogP contribution in [0.4, 0.5) is 0 Å². The number of ether oxygens (including phenoxy) is 1. The van der Waals surface area contributed by atoms with Crippen molar-refractivity contribution in [2.24, 2.45) is 11.8 Å². The molecule has 2 aliphatic rings. The highest BCUT2D eigenvalue weighted by Crippen LogP contribution is 2.37. The van der Waals surface area contributed by atoms with Gasteiger partial charge in [0, 0.05) is 19.6 Å². The number of halogens is 1. The van der Waals surface area contributed by atoms with Gasteiger partial charge in [-0.25, -0.2) is 0 Å². The van der Waals surface area contributed by atoms with E-state index in [1.54, 1.807) is 0 Å². The van der Waals surface area contributed by atoms with Crippen LogP contribution in [0.5, 0.6) is 0 Å². The highest BCUT2D eigenvalue weighted by molar-refractivity contribution is 9.10. The second-order valence-corrected chi connectivity index (χ2v) is 5.77. The van der Waals surface area contributed by atoms with Crippen LogP contribution in [-0.4, -0.2) is 42.4 Å². The highest BCUT2D eigenvalue weighted by Gasteiger charge is 2.37. The molecule has 2 rings (SSSR count). The molecule has 3 unspecified atom stereocenters. The largest absolute Gasteiger partial charge is 0.468 e. The maximum atomic E-state index is 11.3. The molecular weight excluding hydrogens is 258 g/mol. The molecular formula is C11H18BrNO2. The smallest absolute Gasteiger partial charge is 0.320 e. The Morgan fingerprint density at radius 1 is 1.47 bits per heavy atom. The standard InChI is InChI=1S/C11H18BrNO2/c1-15-11(14)10(12)7-13-5-8-3-2-4-9(8)6-13/h8-10H,2-7H2,1H3. The van der Waals surface area contributed by atoms with Crippen molar-refractivity contribution in [3.05, 3.63) is 0 Å². The zero-order chi connectivity index (χ0) is 10.8. The fourth-order valence-electron chi connectivity index (χ4n) is 2.91. The number of fused-ring (bicyclic) bond motifs is 1. The predicted molar refractivity (Wildman–Crippen MR) is 62.0 cm³/mol. The minimum Gasteiger partial charge on any atom is -0.468 e. The van der Waals surface area contributed by atoms with Gasteiger partial charge in [0.05, 0.1) is 7.11 Å². The molecule has 0 bridgehead atoms. The zero-order valence-electron chi connectivity index (χ0n) is 9.12. The van der Waals surface area contributed by atoms with Crippen LogP contribution < -0.4 is 0 Å². The maximum absolute atomic E-state index is 11.3. The van der Waals surface area contributed by atoms with E-state index >= 15 is 0 Å². The van der Waals surface area contributed by atoms with Gasteiger partial charge in [0.15, 0.2) is 0 Å². The Morgan fingerprint density at radius 3 is 2.60 bits per heavy atom. The average Bonchev–Trinajstić information content (AvgIpc) is 2.76. The highest BCUT2D eigenvalue weighted by atomic mass is 79.9. The number of rotatable bonds is 3. The van der Waals surface area contributed by atoms with Crippen LogP contribution in [0.3, 0.4) is 0 Å². The molecule has 0 aromatic rings. The molecule has 0 N–H and O–H groups in total. The van der Waals surface area contributed by atoms with Crippen LogP contribution in [0.2, 0.25) is 0 Å². The van der Waals surface area contributed by atoms with Crippen molar-refractivity contribution < 1.29 is 9.53 Å². The normalized spacial score (nSPS) is 32.7. The number of hydrogen-bond acceptors (Lipinski definition) is 3. The topological polar surface area (TPSA) is 29.5 Å². The summed E-state index contributed by atoms with van der Waals surface area (Å²) in [6.07, 6.45) is 4.16. The first-order chi connectivity index (χ1) is 7.20. The van der Waals surface area contributed by atoms with Crippen molar-refractivity contribution in [1.82, 2.24) is 4.90 Å². The fraction of sp³-hybridized carbons (Fsp3) is 0.909. The summed E-state index contributed by atoms with van der Waals surface area (Å²) < 4.78 is 4.70. The Hall–Kier alpha value is -0.0900. The predicted octanol–water partition coefficient (Wildman–Crippen LogP) is 1.65. The average molecular weight is 276 g/mol. The van der Waals surface area contributed by atoms with Gasteiger partial charge in [-0.3, -0.25) is 4.79 Å². The number of carbonyl (C=O) groups excluding carboxylic acids is 1. The lowest BCUT2D eigenvalue weighted by molar-refractivity contribution is -0.140. The van der Waals surface area contributed by atoms with Gasteiger partial charge in [0.1, 0.15) is 4.83 Å². The summed E-state index contributed by atoms with van der Waals surface area (Å²) in [6, 6.07) is 0. The molecule has 2 fully saturated rings. The van der Waals surface area contributed by atoms with Crippen molar-refractivity contribution in [3.63, 3.8) is 0 Å². The minimum absolute atomic E-state index is 0.160.